The van der Waals surface area contributed by atoms with Crippen molar-refractivity contribution < 1.29 is 19.1 Å². The molecule has 0 aliphatic carbocycles. The molecule has 1 heterocycles. The van der Waals surface area contributed by atoms with E-state index in [2.05, 4.69) is 21.6 Å². The zero-order valence-electron chi connectivity index (χ0n) is 18.4. The molecule has 7 heteroatoms. The SMILES string of the molecule is CC(C)(C)OC(=O)Nc1ccc(C(=O)NCc2ccccc2CN2CCOCC2)cc1. The van der Waals surface area contributed by atoms with E-state index >= 15 is 0 Å². The third-order valence-electron chi connectivity index (χ3n) is 4.85. The number of hydrogen-bond donors (Lipinski definition) is 2. The van der Waals surface area contributed by atoms with E-state index in [1.54, 1.807) is 45.0 Å². The Morgan fingerprint density at radius 3 is 2.29 bits per heavy atom. The van der Waals surface area contributed by atoms with Gasteiger partial charge in [-0.1, -0.05) is 24.3 Å². The minimum absolute atomic E-state index is 0.162. The first-order valence-electron chi connectivity index (χ1n) is 10.6. The van der Waals surface area contributed by atoms with Crippen LogP contribution in [0, 0.1) is 0 Å². The number of benzene rings is 2. The summed E-state index contributed by atoms with van der Waals surface area (Å²) in [6, 6.07) is 14.9. The molecule has 1 aliphatic rings. The number of ether oxygens (including phenoxy) is 2. The number of anilines is 1. The molecule has 166 valence electrons. The van der Waals surface area contributed by atoms with Crippen molar-refractivity contribution in [1.82, 2.24) is 10.2 Å². The normalized spacial score (nSPS) is 14.7. The molecular weight excluding hydrogens is 394 g/mol. The topological polar surface area (TPSA) is 79.9 Å². The van der Waals surface area contributed by atoms with Gasteiger partial charge in [0.05, 0.1) is 13.2 Å². The highest BCUT2D eigenvalue weighted by atomic mass is 16.6. The van der Waals surface area contributed by atoms with Crippen LogP contribution in [0.4, 0.5) is 10.5 Å². The van der Waals surface area contributed by atoms with Gasteiger partial charge in [0.1, 0.15) is 5.60 Å². The van der Waals surface area contributed by atoms with Crippen molar-refractivity contribution in [2.75, 3.05) is 31.6 Å². The molecule has 2 N–H and O–H groups in total. The van der Waals surface area contributed by atoms with Gasteiger partial charge in [-0.3, -0.25) is 15.0 Å². The molecule has 0 spiro atoms. The lowest BCUT2D eigenvalue weighted by Crippen LogP contribution is -2.36. The number of hydrogen-bond acceptors (Lipinski definition) is 5. The van der Waals surface area contributed by atoms with E-state index in [0.29, 0.717) is 17.8 Å². The van der Waals surface area contributed by atoms with E-state index in [1.807, 2.05) is 18.2 Å². The summed E-state index contributed by atoms with van der Waals surface area (Å²) in [6.07, 6.45) is -0.526. The largest absolute Gasteiger partial charge is 0.444 e. The monoisotopic (exact) mass is 425 g/mol. The van der Waals surface area contributed by atoms with Crippen molar-refractivity contribution in [1.29, 1.82) is 0 Å². The summed E-state index contributed by atoms with van der Waals surface area (Å²) in [5, 5.41) is 5.65. The number of nitrogens with one attached hydrogen (secondary N) is 2. The number of carbonyl (C=O) groups excluding carboxylic acids is 2. The van der Waals surface area contributed by atoms with Crippen LogP contribution >= 0.6 is 0 Å². The fourth-order valence-corrected chi connectivity index (χ4v) is 3.29. The maximum atomic E-state index is 12.6. The van der Waals surface area contributed by atoms with Crippen LogP contribution in [-0.4, -0.2) is 48.8 Å². The lowest BCUT2D eigenvalue weighted by molar-refractivity contribution is 0.0340. The Kier molecular flexibility index (Phi) is 7.65. The first-order chi connectivity index (χ1) is 14.8. The van der Waals surface area contributed by atoms with Crippen molar-refractivity contribution in [3.8, 4) is 0 Å². The number of carbonyl (C=O) groups is 2. The average Bonchev–Trinajstić information content (AvgIpc) is 2.73. The second-order valence-electron chi connectivity index (χ2n) is 8.54. The number of rotatable bonds is 6. The highest BCUT2D eigenvalue weighted by Crippen LogP contribution is 2.15. The molecule has 0 unspecified atom stereocenters. The van der Waals surface area contributed by atoms with Gasteiger partial charge in [-0.2, -0.15) is 0 Å². The molecule has 0 saturated carbocycles. The van der Waals surface area contributed by atoms with Gasteiger partial charge in [-0.25, -0.2) is 4.79 Å². The summed E-state index contributed by atoms with van der Waals surface area (Å²) >= 11 is 0. The number of nitrogens with zero attached hydrogens (tertiary/aromatic N) is 1. The van der Waals surface area contributed by atoms with Gasteiger partial charge >= 0.3 is 6.09 Å². The molecule has 3 rings (SSSR count). The summed E-state index contributed by atoms with van der Waals surface area (Å²) in [4.78, 5) is 26.8. The van der Waals surface area contributed by atoms with E-state index in [0.717, 1.165) is 38.4 Å². The molecule has 1 fully saturated rings. The summed E-state index contributed by atoms with van der Waals surface area (Å²) in [6.45, 7) is 10.1. The van der Waals surface area contributed by atoms with Gasteiger partial charge in [-0.15, -0.1) is 0 Å². The van der Waals surface area contributed by atoms with E-state index < -0.39 is 11.7 Å². The molecule has 0 aromatic heterocycles. The third-order valence-corrected chi connectivity index (χ3v) is 4.85. The van der Waals surface area contributed by atoms with Crippen LogP contribution in [0.2, 0.25) is 0 Å². The molecule has 2 amide bonds. The molecule has 0 radical (unpaired) electrons. The fourth-order valence-electron chi connectivity index (χ4n) is 3.29. The third kappa shape index (κ3) is 7.38. The van der Waals surface area contributed by atoms with Crippen molar-refractivity contribution >= 4 is 17.7 Å². The molecule has 2 aromatic rings. The van der Waals surface area contributed by atoms with Crippen molar-refractivity contribution in [3.05, 3.63) is 65.2 Å². The van der Waals surface area contributed by atoms with Gasteiger partial charge in [0.15, 0.2) is 0 Å². The fraction of sp³-hybridized carbons (Fsp3) is 0.417. The Bertz CT molecular complexity index is 884. The Hall–Kier alpha value is -2.90. The van der Waals surface area contributed by atoms with Crippen molar-refractivity contribution in [3.63, 3.8) is 0 Å². The lowest BCUT2D eigenvalue weighted by atomic mass is 10.1. The van der Waals surface area contributed by atoms with Gasteiger partial charge in [0, 0.05) is 37.4 Å². The predicted molar refractivity (Wildman–Crippen MR) is 120 cm³/mol. The standard InChI is InChI=1S/C24H31N3O4/c1-24(2,3)31-23(29)26-21-10-8-18(9-11-21)22(28)25-16-19-6-4-5-7-20(19)17-27-12-14-30-15-13-27/h4-11H,12-17H2,1-3H3,(H,25,28)(H,26,29). The van der Waals surface area contributed by atoms with Crippen LogP contribution < -0.4 is 10.6 Å². The summed E-state index contributed by atoms with van der Waals surface area (Å²) in [7, 11) is 0. The smallest absolute Gasteiger partial charge is 0.412 e. The van der Waals surface area contributed by atoms with Crippen LogP contribution in [0.25, 0.3) is 0 Å². The summed E-state index contributed by atoms with van der Waals surface area (Å²) in [5.74, 6) is -0.162. The molecule has 1 aliphatic heterocycles. The maximum absolute atomic E-state index is 12.6. The van der Waals surface area contributed by atoms with Crippen molar-refractivity contribution in [2.45, 2.75) is 39.5 Å². The van der Waals surface area contributed by atoms with Crippen molar-refractivity contribution in [2.24, 2.45) is 0 Å². The van der Waals surface area contributed by atoms with E-state index in [-0.39, 0.29) is 5.91 Å². The number of amides is 2. The van der Waals surface area contributed by atoms with E-state index in [4.69, 9.17) is 9.47 Å². The highest BCUT2D eigenvalue weighted by molar-refractivity contribution is 5.95. The van der Waals surface area contributed by atoms with Crippen LogP contribution in [-0.2, 0) is 22.6 Å². The van der Waals surface area contributed by atoms with Gasteiger partial charge in [0.25, 0.3) is 5.91 Å². The molecule has 31 heavy (non-hydrogen) atoms. The van der Waals surface area contributed by atoms with Gasteiger partial charge < -0.3 is 14.8 Å². The Balaban J connectivity index is 1.54. The molecule has 7 nitrogen and oxygen atoms in total. The van der Waals surface area contributed by atoms with E-state index in [1.165, 1.54) is 5.56 Å². The molecule has 0 atom stereocenters. The van der Waals surface area contributed by atoms with Crippen LogP contribution in [0.15, 0.2) is 48.5 Å². The first-order valence-corrected chi connectivity index (χ1v) is 10.6. The second kappa shape index (κ2) is 10.4. The summed E-state index contributed by atoms with van der Waals surface area (Å²) < 4.78 is 10.7. The minimum Gasteiger partial charge on any atom is -0.444 e. The van der Waals surface area contributed by atoms with Gasteiger partial charge in [-0.05, 0) is 56.2 Å². The molecule has 0 bridgehead atoms. The Labute approximate surface area is 183 Å². The average molecular weight is 426 g/mol. The first kappa shape index (κ1) is 22.8. The number of morpholine rings is 1. The van der Waals surface area contributed by atoms with E-state index in [9.17, 15) is 9.59 Å². The zero-order chi connectivity index (χ0) is 22.3. The van der Waals surface area contributed by atoms with Crippen LogP contribution in [0.1, 0.15) is 42.3 Å². The molecule has 2 aromatic carbocycles. The van der Waals surface area contributed by atoms with Crippen LogP contribution in [0.3, 0.4) is 0 Å². The maximum Gasteiger partial charge on any atom is 0.412 e. The predicted octanol–water partition coefficient (Wildman–Crippen LogP) is 3.80. The minimum atomic E-state index is -0.567. The summed E-state index contributed by atoms with van der Waals surface area (Å²) in [5.41, 5.74) is 2.84. The Morgan fingerprint density at radius 1 is 1.00 bits per heavy atom. The lowest BCUT2D eigenvalue weighted by Gasteiger charge is -2.27. The van der Waals surface area contributed by atoms with Crippen LogP contribution in [0.5, 0.6) is 0 Å². The molecule has 1 saturated heterocycles. The Morgan fingerprint density at radius 2 is 1.65 bits per heavy atom. The second-order valence-corrected chi connectivity index (χ2v) is 8.54. The zero-order valence-corrected chi connectivity index (χ0v) is 18.4. The van der Waals surface area contributed by atoms with Gasteiger partial charge in [0.2, 0.25) is 0 Å². The highest BCUT2D eigenvalue weighted by Gasteiger charge is 2.17. The molecular formula is C24H31N3O4. The quantitative estimate of drug-likeness (QED) is 0.736.